The summed E-state index contributed by atoms with van der Waals surface area (Å²) in [5.41, 5.74) is 12.5. The van der Waals surface area contributed by atoms with Gasteiger partial charge in [-0.25, -0.2) is 4.79 Å². The predicted octanol–water partition coefficient (Wildman–Crippen LogP) is -0.482. The monoisotopic (exact) mass is 502 g/mol. The predicted molar refractivity (Wildman–Crippen MR) is 132 cm³/mol. The van der Waals surface area contributed by atoms with Gasteiger partial charge < -0.3 is 37.5 Å². The summed E-state index contributed by atoms with van der Waals surface area (Å²) in [7, 11) is 0. The van der Waals surface area contributed by atoms with E-state index in [0.717, 1.165) is 10.9 Å². The molecular weight excluding hydrogens is 468 g/mol. The third-order valence-electron chi connectivity index (χ3n) is 5.57. The molecule has 9 N–H and O–H groups in total. The lowest BCUT2D eigenvalue weighted by atomic mass is 10.0. The number of rotatable bonds is 13. The highest BCUT2D eigenvalue weighted by atomic mass is 16.4. The number of fused-ring (bicyclic) bond motifs is 1. The number of aromatic amines is 1. The van der Waals surface area contributed by atoms with Crippen LogP contribution in [0.3, 0.4) is 0 Å². The number of aliphatic carboxylic acids is 1. The van der Waals surface area contributed by atoms with E-state index < -0.39 is 60.2 Å². The number of carboxylic acids is 1. The molecule has 1 aromatic heterocycles. The summed E-state index contributed by atoms with van der Waals surface area (Å²) in [6, 6.07) is 2.63. The minimum atomic E-state index is -1.44. The first-order valence-electron chi connectivity index (χ1n) is 11.6. The van der Waals surface area contributed by atoms with Gasteiger partial charge in [0.15, 0.2) is 0 Å². The first-order valence-corrected chi connectivity index (χ1v) is 11.6. The first-order chi connectivity index (χ1) is 16.9. The van der Waals surface area contributed by atoms with E-state index in [1.165, 1.54) is 6.92 Å². The molecule has 2 rings (SSSR count). The molecule has 0 saturated heterocycles. The Kier molecular flexibility index (Phi) is 9.97. The average molecular weight is 503 g/mol. The number of hydrogen-bond acceptors (Lipinski definition) is 6. The maximum absolute atomic E-state index is 12.9. The highest BCUT2D eigenvalue weighted by Gasteiger charge is 2.30. The smallest absolute Gasteiger partial charge is 0.326 e. The van der Waals surface area contributed by atoms with Gasteiger partial charge in [0.05, 0.1) is 12.5 Å². The van der Waals surface area contributed by atoms with Crippen molar-refractivity contribution in [2.24, 2.45) is 17.4 Å². The number of H-pyrrole nitrogens is 1. The standard InChI is InChI=1S/C24H34N6O6/c1-12(2)8-16(25)22(33)28-13(3)21(32)29-18(10-20(26)31)23(34)30-19(24(35)36)9-14-11-27-17-7-5-4-6-15(14)17/h4-7,11-13,16,18-19,27H,8-10,25H2,1-3H3,(H2,26,31)(H,28,33)(H,29,32)(H,30,34)(H,35,36). The molecule has 1 heterocycles. The lowest BCUT2D eigenvalue weighted by Crippen LogP contribution is -2.57. The summed E-state index contributed by atoms with van der Waals surface area (Å²) in [5.74, 6) is -4.20. The summed E-state index contributed by atoms with van der Waals surface area (Å²) < 4.78 is 0. The summed E-state index contributed by atoms with van der Waals surface area (Å²) in [6.45, 7) is 5.20. The molecule has 0 bridgehead atoms. The summed E-state index contributed by atoms with van der Waals surface area (Å²) in [4.78, 5) is 64.2. The van der Waals surface area contributed by atoms with Crippen molar-refractivity contribution in [1.29, 1.82) is 0 Å². The van der Waals surface area contributed by atoms with E-state index in [4.69, 9.17) is 11.5 Å². The van der Waals surface area contributed by atoms with Gasteiger partial charge >= 0.3 is 5.97 Å². The molecule has 0 aliphatic carbocycles. The van der Waals surface area contributed by atoms with Gasteiger partial charge in [0, 0.05) is 23.5 Å². The fourth-order valence-electron chi connectivity index (χ4n) is 3.70. The molecule has 12 heteroatoms. The van der Waals surface area contributed by atoms with Crippen LogP contribution in [-0.2, 0) is 30.4 Å². The van der Waals surface area contributed by atoms with Gasteiger partial charge in [-0.2, -0.15) is 0 Å². The van der Waals surface area contributed by atoms with E-state index in [9.17, 15) is 29.1 Å². The normalized spacial score (nSPS) is 14.5. The van der Waals surface area contributed by atoms with Crippen LogP contribution in [0.15, 0.2) is 30.5 Å². The summed E-state index contributed by atoms with van der Waals surface area (Å²) >= 11 is 0. The fraction of sp³-hybridized carbons (Fsp3) is 0.458. The van der Waals surface area contributed by atoms with Gasteiger partial charge in [0.1, 0.15) is 18.1 Å². The Labute approximate surface area is 208 Å². The van der Waals surface area contributed by atoms with Gasteiger partial charge in [-0.3, -0.25) is 19.2 Å². The Bertz CT molecular complexity index is 1110. The van der Waals surface area contributed by atoms with E-state index in [2.05, 4.69) is 20.9 Å². The number of para-hydroxylation sites is 1. The second kappa shape index (κ2) is 12.7. The van der Waals surface area contributed by atoms with E-state index in [1.54, 1.807) is 6.20 Å². The number of aromatic nitrogens is 1. The average Bonchev–Trinajstić information content (AvgIpc) is 3.19. The van der Waals surface area contributed by atoms with Crippen LogP contribution >= 0.6 is 0 Å². The molecule has 4 unspecified atom stereocenters. The maximum Gasteiger partial charge on any atom is 0.326 e. The molecule has 2 aromatic rings. The third kappa shape index (κ3) is 8.08. The van der Waals surface area contributed by atoms with Crippen molar-refractivity contribution in [1.82, 2.24) is 20.9 Å². The molecule has 0 fully saturated rings. The highest BCUT2D eigenvalue weighted by Crippen LogP contribution is 2.19. The SMILES string of the molecule is CC(C)CC(N)C(=O)NC(C)C(=O)NC(CC(N)=O)C(=O)NC(Cc1c[nH]c2ccccc12)C(=O)O. The van der Waals surface area contributed by atoms with Crippen molar-refractivity contribution in [2.75, 3.05) is 0 Å². The Balaban J connectivity index is 2.08. The lowest BCUT2D eigenvalue weighted by molar-refractivity contribution is -0.142. The number of primary amides is 1. The van der Waals surface area contributed by atoms with E-state index in [0.29, 0.717) is 12.0 Å². The van der Waals surface area contributed by atoms with E-state index in [1.807, 2.05) is 38.1 Å². The van der Waals surface area contributed by atoms with Crippen LogP contribution < -0.4 is 27.4 Å². The molecule has 12 nitrogen and oxygen atoms in total. The van der Waals surface area contributed by atoms with Crippen LogP contribution in [-0.4, -0.2) is 63.9 Å². The number of nitrogens with two attached hydrogens (primary N) is 2. The number of carbonyl (C=O) groups excluding carboxylic acids is 4. The van der Waals surface area contributed by atoms with Crippen molar-refractivity contribution >= 4 is 40.5 Å². The van der Waals surface area contributed by atoms with Crippen LogP contribution in [0.5, 0.6) is 0 Å². The lowest BCUT2D eigenvalue weighted by Gasteiger charge is -2.23. The van der Waals surface area contributed by atoms with Crippen molar-refractivity contribution in [3.63, 3.8) is 0 Å². The molecule has 4 atom stereocenters. The molecule has 0 saturated carbocycles. The van der Waals surface area contributed by atoms with Gasteiger partial charge in [0.2, 0.25) is 23.6 Å². The zero-order chi connectivity index (χ0) is 27.0. The molecule has 36 heavy (non-hydrogen) atoms. The van der Waals surface area contributed by atoms with Crippen LogP contribution in [0.4, 0.5) is 0 Å². The van der Waals surface area contributed by atoms with E-state index >= 15 is 0 Å². The Hall–Kier alpha value is -3.93. The molecule has 1 aromatic carbocycles. The molecule has 0 aliphatic rings. The van der Waals surface area contributed by atoms with Crippen LogP contribution in [0.25, 0.3) is 10.9 Å². The first kappa shape index (κ1) is 28.3. The van der Waals surface area contributed by atoms with Crippen LogP contribution in [0, 0.1) is 5.92 Å². The zero-order valence-electron chi connectivity index (χ0n) is 20.5. The number of carboxylic acid groups (broad SMARTS) is 1. The summed E-state index contributed by atoms with van der Waals surface area (Å²) in [5, 5.41) is 17.7. The van der Waals surface area contributed by atoms with Gasteiger partial charge in [0.25, 0.3) is 0 Å². The Morgan fingerprint density at radius 1 is 0.944 bits per heavy atom. The highest BCUT2D eigenvalue weighted by molar-refractivity contribution is 5.96. The number of carbonyl (C=O) groups is 5. The topological polar surface area (TPSA) is 209 Å². The second-order valence-corrected chi connectivity index (χ2v) is 9.16. The number of amides is 4. The zero-order valence-corrected chi connectivity index (χ0v) is 20.5. The van der Waals surface area contributed by atoms with Crippen LogP contribution in [0.2, 0.25) is 0 Å². The molecule has 0 spiro atoms. The minimum absolute atomic E-state index is 0.0392. The van der Waals surface area contributed by atoms with Crippen molar-refractivity contribution in [2.45, 2.75) is 64.2 Å². The fourth-order valence-corrected chi connectivity index (χ4v) is 3.70. The summed E-state index contributed by atoms with van der Waals surface area (Å²) in [6.07, 6.45) is 1.47. The third-order valence-corrected chi connectivity index (χ3v) is 5.57. The Morgan fingerprint density at radius 2 is 1.58 bits per heavy atom. The minimum Gasteiger partial charge on any atom is -0.480 e. The Morgan fingerprint density at radius 3 is 2.19 bits per heavy atom. The molecule has 196 valence electrons. The largest absolute Gasteiger partial charge is 0.480 e. The number of hydrogen-bond donors (Lipinski definition) is 7. The molecule has 0 radical (unpaired) electrons. The second-order valence-electron chi connectivity index (χ2n) is 9.16. The van der Waals surface area contributed by atoms with Crippen molar-refractivity contribution < 1.29 is 29.1 Å². The molecule has 0 aliphatic heterocycles. The van der Waals surface area contributed by atoms with Crippen LogP contribution in [0.1, 0.15) is 39.2 Å². The quantitative estimate of drug-likeness (QED) is 0.191. The number of benzene rings is 1. The molecular formula is C24H34N6O6. The van der Waals surface area contributed by atoms with Crippen molar-refractivity contribution in [3.8, 4) is 0 Å². The van der Waals surface area contributed by atoms with Gasteiger partial charge in [-0.15, -0.1) is 0 Å². The molecule has 4 amide bonds. The van der Waals surface area contributed by atoms with Gasteiger partial charge in [-0.1, -0.05) is 32.0 Å². The van der Waals surface area contributed by atoms with Crippen molar-refractivity contribution in [3.05, 3.63) is 36.0 Å². The number of nitrogens with one attached hydrogen (secondary N) is 4. The van der Waals surface area contributed by atoms with E-state index in [-0.39, 0.29) is 12.3 Å². The maximum atomic E-state index is 12.9. The van der Waals surface area contributed by atoms with Gasteiger partial charge in [-0.05, 0) is 30.9 Å².